The molecule has 29 heavy (non-hydrogen) atoms. The summed E-state index contributed by atoms with van der Waals surface area (Å²) in [6, 6.07) is 13.1. The minimum absolute atomic E-state index is 0.309. The highest BCUT2D eigenvalue weighted by Gasteiger charge is 2.15. The fourth-order valence-corrected chi connectivity index (χ4v) is 2.83. The van der Waals surface area contributed by atoms with E-state index in [-0.39, 0.29) is 11.7 Å². The Labute approximate surface area is 166 Å². The fraction of sp³-hybridized carbons (Fsp3) is 0.143. The monoisotopic (exact) mass is 391 g/mol. The number of amides is 1. The van der Waals surface area contributed by atoms with Crippen LogP contribution < -0.4 is 5.32 Å². The van der Waals surface area contributed by atoms with Crippen LogP contribution in [0.5, 0.6) is 0 Å². The highest BCUT2D eigenvalue weighted by atomic mass is 19.1. The molecule has 0 atom stereocenters. The number of nitrogens with zero attached hydrogens (tertiary/aromatic N) is 4. The zero-order valence-corrected chi connectivity index (χ0v) is 15.9. The molecule has 4 rings (SSSR count). The van der Waals surface area contributed by atoms with Crippen molar-refractivity contribution in [3.05, 3.63) is 77.7 Å². The van der Waals surface area contributed by atoms with Crippen molar-refractivity contribution in [3.63, 3.8) is 0 Å². The molecular weight excluding hydrogens is 373 g/mol. The maximum Gasteiger partial charge on any atom is 0.259 e. The molecule has 1 N–H and O–H groups in total. The number of halogens is 1. The van der Waals surface area contributed by atoms with Crippen LogP contribution in [0.4, 0.5) is 10.1 Å². The lowest BCUT2D eigenvalue weighted by molar-refractivity contribution is 0.102. The summed E-state index contributed by atoms with van der Waals surface area (Å²) < 4.78 is 19.8. The summed E-state index contributed by atoms with van der Waals surface area (Å²) in [5.74, 6) is 0.450. The summed E-state index contributed by atoms with van der Waals surface area (Å²) in [6.07, 6.45) is 2.34. The molecular formula is C21H18FN5O2. The van der Waals surface area contributed by atoms with Crippen LogP contribution >= 0.6 is 0 Å². The summed E-state index contributed by atoms with van der Waals surface area (Å²) in [5, 5.41) is 11.1. The first-order chi connectivity index (χ1) is 14.0. The molecule has 2 heterocycles. The minimum atomic E-state index is -0.359. The predicted molar refractivity (Wildman–Crippen MR) is 105 cm³/mol. The number of nitrogens with one attached hydrogen (secondary N) is 1. The number of carbonyl (C=O) groups excluding carboxylic acids is 1. The molecule has 0 aliphatic rings. The zero-order chi connectivity index (χ0) is 20.4. The number of hydrogen-bond donors (Lipinski definition) is 1. The number of rotatable bonds is 5. The van der Waals surface area contributed by atoms with E-state index < -0.39 is 0 Å². The van der Waals surface area contributed by atoms with Gasteiger partial charge in [-0.1, -0.05) is 12.1 Å². The second kappa shape index (κ2) is 7.67. The minimum Gasteiger partial charge on any atom is -0.339 e. The van der Waals surface area contributed by atoms with E-state index in [4.69, 9.17) is 4.52 Å². The normalized spacial score (nSPS) is 10.9. The molecule has 146 valence electrons. The molecule has 4 aromatic rings. The van der Waals surface area contributed by atoms with Gasteiger partial charge in [0.15, 0.2) is 0 Å². The van der Waals surface area contributed by atoms with Crippen molar-refractivity contribution < 1.29 is 13.7 Å². The number of benzene rings is 2. The van der Waals surface area contributed by atoms with Gasteiger partial charge in [0.25, 0.3) is 5.91 Å². The van der Waals surface area contributed by atoms with Crippen LogP contribution in [-0.4, -0.2) is 25.8 Å². The molecule has 0 unspecified atom stereocenters. The Kier molecular flexibility index (Phi) is 4.90. The molecule has 0 aliphatic heterocycles. The Morgan fingerprint density at radius 3 is 2.52 bits per heavy atom. The predicted octanol–water partition coefficient (Wildman–Crippen LogP) is 4.18. The van der Waals surface area contributed by atoms with Gasteiger partial charge in [0.2, 0.25) is 11.7 Å². The summed E-state index contributed by atoms with van der Waals surface area (Å²) >= 11 is 0. The topological polar surface area (TPSA) is 85.8 Å². The molecule has 0 radical (unpaired) electrons. The van der Waals surface area contributed by atoms with Crippen molar-refractivity contribution in [1.29, 1.82) is 0 Å². The third-order valence-corrected chi connectivity index (χ3v) is 4.41. The van der Waals surface area contributed by atoms with Crippen molar-refractivity contribution in [2.45, 2.75) is 20.3 Å². The van der Waals surface area contributed by atoms with E-state index in [1.165, 1.54) is 24.3 Å². The van der Waals surface area contributed by atoms with Gasteiger partial charge in [0, 0.05) is 23.9 Å². The van der Waals surface area contributed by atoms with Crippen LogP contribution in [0.25, 0.3) is 17.1 Å². The number of anilines is 1. The van der Waals surface area contributed by atoms with Gasteiger partial charge < -0.3 is 9.84 Å². The van der Waals surface area contributed by atoms with Gasteiger partial charge in [-0.3, -0.25) is 4.79 Å². The van der Waals surface area contributed by atoms with E-state index in [0.29, 0.717) is 35.1 Å². The number of hydrogen-bond acceptors (Lipinski definition) is 5. The summed E-state index contributed by atoms with van der Waals surface area (Å²) in [6.45, 7) is 3.71. The van der Waals surface area contributed by atoms with Crippen LogP contribution in [0.3, 0.4) is 0 Å². The second-order valence-electron chi connectivity index (χ2n) is 6.45. The van der Waals surface area contributed by atoms with E-state index in [0.717, 1.165) is 11.3 Å². The molecule has 2 aromatic heterocycles. The Morgan fingerprint density at radius 1 is 1.14 bits per heavy atom. The van der Waals surface area contributed by atoms with Crippen molar-refractivity contribution in [3.8, 4) is 17.1 Å². The van der Waals surface area contributed by atoms with Gasteiger partial charge in [-0.25, -0.2) is 9.07 Å². The highest BCUT2D eigenvalue weighted by molar-refractivity contribution is 6.04. The first kappa shape index (κ1) is 18.5. The van der Waals surface area contributed by atoms with Gasteiger partial charge in [-0.05, 0) is 55.5 Å². The second-order valence-corrected chi connectivity index (χ2v) is 6.45. The Morgan fingerprint density at radius 2 is 1.86 bits per heavy atom. The zero-order valence-electron chi connectivity index (χ0n) is 15.9. The lowest BCUT2D eigenvalue weighted by atomic mass is 10.2. The summed E-state index contributed by atoms with van der Waals surface area (Å²) in [7, 11) is 0. The van der Waals surface area contributed by atoms with Crippen LogP contribution in [0.2, 0.25) is 0 Å². The average molecular weight is 391 g/mol. The van der Waals surface area contributed by atoms with E-state index >= 15 is 0 Å². The number of aromatic nitrogens is 4. The van der Waals surface area contributed by atoms with Crippen LogP contribution in [0, 0.1) is 12.7 Å². The van der Waals surface area contributed by atoms with Gasteiger partial charge >= 0.3 is 0 Å². The molecule has 8 heteroatoms. The summed E-state index contributed by atoms with van der Waals surface area (Å²) in [5.41, 5.74) is 3.15. The van der Waals surface area contributed by atoms with Crippen LogP contribution in [-0.2, 0) is 6.42 Å². The Bertz CT molecular complexity index is 1150. The van der Waals surface area contributed by atoms with E-state index in [9.17, 15) is 9.18 Å². The van der Waals surface area contributed by atoms with E-state index in [2.05, 4.69) is 20.6 Å². The quantitative estimate of drug-likeness (QED) is 0.551. The molecule has 7 nitrogen and oxygen atoms in total. The molecule has 0 spiro atoms. The third-order valence-electron chi connectivity index (χ3n) is 4.41. The largest absolute Gasteiger partial charge is 0.339 e. The van der Waals surface area contributed by atoms with Gasteiger partial charge in [-0.15, -0.1) is 0 Å². The van der Waals surface area contributed by atoms with Gasteiger partial charge in [0.1, 0.15) is 5.82 Å². The van der Waals surface area contributed by atoms with Crippen molar-refractivity contribution >= 4 is 11.6 Å². The first-order valence-electron chi connectivity index (χ1n) is 9.10. The van der Waals surface area contributed by atoms with E-state index in [1.54, 1.807) is 17.8 Å². The van der Waals surface area contributed by atoms with Crippen LogP contribution in [0.15, 0.2) is 59.3 Å². The lowest BCUT2D eigenvalue weighted by Crippen LogP contribution is -2.12. The number of aryl methyl sites for hydroxylation is 2. The van der Waals surface area contributed by atoms with E-state index in [1.807, 2.05) is 31.2 Å². The highest BCUT2D eigenvalue weighted by Crippen LogP contribution is 2.20. The molecule has 1 amide bonds. The van der Waals surface area contributed by atoms with Gasteiger partial charge in [-0.2, -0.15) is 10.1 Å². The SMILES string of the molecule is CCc1nc(-c2ccc(-n3cc(C(=O)Nc4ccc(F)cc4)c(C)n3)cc2)no1. The molecule has 0 fully saturated rings. The smallest absolute Gasteiger partial charge is 0.259 e. The number of carbonyl (C=O) groups is 1. The van der Waals surface area contributed by atoms with Crippen molar-refractivity contribution in [2.24, 2.45) is 0 Å². The third kappa shape index (κ3) is 3.91. The Balaban J connectivity index is 1.53. The molecule has 0 saturated heterocycles. The van der Waals surface area contributed by atoms with Crippen molar-refractivity contribution in [1.82, 2.24) is 19.9 Å². The molecule has 0 saturated carbocycles. The fourth-order valence-electron chi connectivity index (χ4n) is 2.83. The molecule has 2 aromatic carbocycles. The first-order valence-corrected chi connectivity index (χ1v) is 9.10. The maximum atomic E-state index is 13.0. The van der Waals surface area contributed by atoms with Crippen LogP contribution in [0.1, 0.15) is 28.9 Å². The average Bonchev–Trinajstić information content (AvgIpc) is 3.36. The summed E-state index contributed by atoms with van der Waals surface area (Å²) in [4.78, 5) is 16.9. The Hall–Kier alpha value is -3.81. The molecule has 0 bridgehead atoms. The molecule has 0 aliphatic carbocycles. The van der Waals surface area contributed by atoms with Gasteiger partial charge in [0.05, 0.1) is 16.9 Å². The standard InChI is InChI=1S/C21H18FN5O2/c1-3-19-24-20(26-29-19)14-4-10-17(11-5-14)27-12-18(13(2)25-27)21(28)23-16-8-6-15(22)7-9-16/h4-12H,3H2,1-2H3,(H,23,28). The lowest BCUT2D eigenvalue weighted by Gasteiger charge is -2.04. The van der Waals surface area contributed by atoms with Crippen molar-refractivity contribution in [2.75, 3.05) is 5.32 Å². The maximum absolute atomic E-state index is 13.0.